The Morgan fingerprint density at radius 1 is 1.39 bits per heavy atom. The lowest BCUT2D eigenvalue weighted by atomic mass is 9.60. The van der Waals surface area contributed by atoms with E-state index in [9.17, 15) is 4.79 Å². The molecule has 0 unspecified atom stereocenters. The summed E-state index contributed by atoms with van der Waals surface area (Å²) in [5, 5.41) is 3.02. The molecule has 0 aromatic carbocycles. The zero-order valence-corrected chi connectivity index (χ0v) is 14.1. The third kappa shape index (κ3) is 3.07. The van der Waals surface area contributed by atoms with Gasteiger partial charge in [0.1, 0.15) is 0 Å². The fourth-order valence-corrected chi connectivity index (χ4v) is 4.34. The summed E-state index contributed by atoms with van der Waals surface area (Å²) in [5.74, 6) is 0. The summed E-state index contributed by atoms with van der Waals surface area (Å²) in [5.41, 5.74) is 1.26. The molecule has 2 amide bonds. The van der Waals surface area contributed by atoms with Crippen molar-refractivity contribution in [2.24, 2.45) is 5.41 Å². The Morgan fingerprint density at radius 3 is 2.74 bits per heavy atom. The first kappa shape index (κ1) is 16.2. The topological polar surface area (TPSA) is 54.5 Å². The van der Waals surface area contributed by atoms with Gasteiger partial charge in [0.2, 0.25) is 0 Å². The largest absolute Gasteiger partial charge is 0.378 e. The maximum Gasteiger partial charge on any atom is 0.317 e. The van der Waals surface area contributed by atoms with Crippen LogP contribution in [0.4, 0.5) is 4.79 Å². The zero-order valence-electron chi connectivity index (χ0n) is 14.1. The van der Waals surface area contributed by atoms with Gasteiger partial charge in [-0.15, -0.1) is 0 Å². The minimum atomic E-state index is 0.00744. The van der Waals surface area contributed by atoms with Crippen LogP contribution in [0.3, 0.4) is 0 Å². The Labute approximate surface area is 138 Å². The van der Waals surface area contributed by atoms with E-state index < -0.39 is 0 Å². The van der Waals surface area contributed by atoms with Crippen LogP contribution in [0.15, 0.2) is 24.5 Å². The molecule has 0 aliphatic heterocycles. The number of ether oxygens (including phenoxy) is 1. The minimum Gasteiger partial charge on any atom is -0.378 e. The van der Waals surface area contributed by atoms with E-state index in [-0.39, 0.29) is 11.4 Å². The fourth-order valence-electron chi connectivity index (χ4n) is 4.34. The molecule has 0 saturated heterocycles. The molecule has 0 bridgehead atoms. The van der Waals surface area contributed by atoms with E-state index in [1.807, 2.05) is 24.1 Å². The molecule has 1 aromatic heterocycles. The van der Waals surface area contributed by atoms with Crippen molar-refractivity contribution in [1.82, 2.24) is 15.2 Å². The summed E-state index contributed by atoms with van der Waals surface area (Å²) >= 11 is 0. The molecule has 1 aromatic rings. The molecular formula is C18H27N3O2. The van der Waals surface area contributed by atoms with Crippen molar-refractivity contribution < 1.29 is 9.53 Å². The van der Waals surface area contributed by atoms with E-state index in [1.165, 1.54) is 25.7 Å². The van der Waals surface area contributed by atoms with E-state index in [0.717, 1.165) is 18.6 Å². The van der Waals surface area contributed by atoms with Gasteiger partial charge in [-0.05, 0) is 43.9 Å². The molecular weight excluding hydrogens is 290 g/mol. The Bertz CT molecular complexity index is 528. The molecule has 5 heteroatoms. The number of urea groups is 1. The molecule has 2 saturated carbocycles. The summed E-state index contributed by atoms with van der Waals surface area (Å²) < 4.78 is 5.94. The fraction of sp³-hybridized carbons (Fsp3) is 0.667. The molecule has 2 aliphatic carbocycles. The number of pyridine rings is 1. The number of hydrogen-bond acceptors (Lipinski definition) is 3. The standard InChI is InChI=1S/C18H27N3O2/c1-3-23-16-12-15(18(16)8-4-5-9-18)21(2)17(22)20-13-14-6-10-19-11-7-14/h6-7,10-11,15-16H,3-5,8-9,12-13H2,1-2H3,(H,20,22)/t15-,16+/m1/s1. The van der Waals surface area contributed by atoms with Gasteiger partial charge in [0.25, 0.3) is 0 Å². The van der Waals surface area contributed by atoms with Crippen LogP contribution in [0.1, 0.15) is 44.6 Å². The molecule has 3 rings (SSSR count). The minimum absolute atomic E-state index is 0.00744. The predicted octanol–water partition coefficient (Wildman–Crippen LogP) is 2.96. The molecule has 2 fully saturated rings. The van der Waals surface area contributed by atoms with Gasteiger partial charge < -0.3 is 15.0 Å². The second kappa shape index (κ2) is 6.87. The Kier molecular flexibility index (Phi) is 4.85. The maximum absolute atomic E-state index is 12.5. The first-order valence-corrected chi connectivity index (χ1v) is 8.68. The lowest BCUT2D eigenvalue weighted by molar-refractivity contribution is -0.151. The number of carbonyl (C=O) groups is 1. The van der Waals surface area contributed by atoms with Crippen molar-refractivity contribution in [3.05, 3.63) is 30.1 Å². The maximum atomic E-state index is 12.5. The van der Waals surface area contributed by atoms with Crippen LogP contribution in [0.2, 0.25) is 0 Å². The number of rotatable bonds is 5. The summed E-state index contributed by atoms with van der Waals surface area (Å²) in [6.07, 6.45) is 9.67. The molecule has 2 aliphatic rings. The number of aromatic nitrogens is 1. The number of nitrogens with one attached hydrogen (secondary N) is 1. The predicted molar refractivity (Wildman–Crippen MR) is 89.0 cm³/mol. The lowest BCUT2D eigenvalue weighted by Gasteiger charge is -2.56. The van der Waals surface area contributed by atoms with Crippen LogP contribution < -0.4 is 5.32 Å². The third-order valence-electron chi connectivity index (χ3n) is 5.63. The third-order valence-corrected chi connectivity index (χ3v) is 5.63. The molecule has 126 valence electrons. The number of amides is 2. The number of nitrogens with zero attached hydrogens (tertiary/aromatic N) is 2. The average molecular weight is 317 g/mol. The van der Waals surface area contributed by atoms with Gasteiger partial charge in [-0.3, -0.25) is 4.98 Å². The van der Waals surface area contributed by atoms with Crippen molar-refractivity contribution in [2.75, 3.05) is 13.7 Å². The van der Waals surface area contributed by atoms with E-state index in [4.69, 9.17) is 4.74 Å². The van der Waals surface area contributed by atoms with Crippen LogP contribution >= 0.6 is 0 Å². The average Bonchev–Trinajstić information content (AvgIpc) is 3.09. The smallest absolute Gasteiger partial charge is 0.317 e. The molecule has 2 atom stereocenters. The van der Waals surface area contributed by atoms with E-state index in [1.54, 1.807) is 12.4 Å². The normalized spacial score (nSPS) is 25.1. The van der Waals surface area contributed by atoms with Crippen LogP contribution in [-0.2, 0) is 11.3 Å². The first-order valence-electron chi connectivity index (χ1n) is 8.68. The van der Waals surface area contributed by atoms with Gasteiger partial charge in [0, 0.05) is 44.0 Å². The van der Waals surface area contributed by atoms with Crippen LogP contribution in [-0.4, -0.2) is 41.7 Å². The summed E-state index contributed by atoms with van der Waals surface area (Å²) in [4.78, 5) is 18.4. The zero-order chi connectivity index (χ0) is 16.3. The molecule has 5 nitrogen and oxygen atoms in total. The number of hydrogen-bond donors (Lipinski definition) is 1. The lowest BCUT2D eigenvalue weighted by Crippen LogP contribution is -2.65. The summed E-state index contributed by atoms with van der Waals surface area (Å²) in [7, 11) is 1.93. The van der Waals surface area contributed by atoms with E-state index in [2.05, 4.69) is 17.2 Å². The SMILES string of the molecule is CCO[C@H]1C[C@@H](N(C)C(=O)NCc2ccncc2)C12CCCC2. The monoisotopic (exact) mass is 317 g/mol. The molecule has 1 spiro atoms. The van der Waals surface area contributed by atoms with Gasteiger partial charge in [-0.2, -0.15) is 0 Å². The van der Waals surface area contributed by atoms with Crippen molar-refractivity contribution in [3.63, 3.8) is 0 Å². The Hall–Kier alpha value is -1.62. The van der Waals surface area contributed by atoms with Crippen LogP contribution in [0, 0.1) is 5.41 Å². The van der Waals surface area contributed by atoms with Crippen molar-refractivity contribution in [2.45, 2.75) is 57.7 Å². The van der Waals surface area contributed by atoms with Gasteiger partial charge >= 0.3 is 6.03 Å². The number of carbonyl (C=O) groups excluding carboxylic acids is 1. The van der Waals surface area contributed by atoms with E-state index >= 15 is 0 Å². The highest BCUT2D eigenvalue weighted by molar-refractivity contribution is 5.74. The second-order valence-corrected chi connectivity index (χ2v) is 6.76. The van der Waals surface area contributed by atoms with Crippen molar-refractivity contribution >= 4 is 6.03 Å². The molecule has 1 N–H and O–H groups in total. The van der Waals surface area contributed by atoms with Crippen LogP contribution in [0.5, 0.6) is 0 Å². The van der Waals surface area contributed by atoms with Gasteiger partial charge in [-0.25, -0.2) is 4.79 Å². The van der Waals surface area contributed by atoms with Crippen molar-refractivity contribution in [1.29, 1.82) is 0 Å². The highest BCUT2D eigenvalue weighted by Crippen LogP contribution is 2.56. The summed E-state index contributed by atoms with van der Waals surface area (Å²) in [6.45, 7) is 3.36. The highest BCUT2D eigenvalue weighted by Gasteiger charge is 2.58. The van der Waals surface area contributed by atoms with Gasteiger partial charge in [0.05, 0.1) is 6.10 Å². The van der Waals surface area contributed by atoms with Gasteiger partial charge in [0.15, 0.2) is 0 Å². The van der Waals surface area contributed by atoms with E-state index in [0.29, 0.717) is 18.7 Å². The van der Waals surface area contributed by atoms with Gasteiger partial charge in [-0.1, -0.05) is 12.8 Å². The molecule has 1 heterocycles. The molecule has 23 heavy (non-hydrogen) atoms. The van der Waals surface area contributed by atoms with Crippen molar-refractivity contribution in [3.8, 4) is 0 Å². The highest BCUT2D eigenvalue weighted by atomic mass is 16.5. The summed E-state index contributed by atoms with van der Waals surface area (Å²) in [6, 6.07) is 4.16. The Balaban J connectivity index is 1.59. The molecule has 0 radical (unpaired) electrons. The Morgan fingerprint density at radius 2 is 2.09 bits per heavy atom. The quantitative estimate of drug-likeness (QED) is 0.908. The second-order valence-electron chi connectivity index (χ2n) is 6.76. The van der Waals surface area contributed by atoms with Crippen LogP contribution in [0.25, 0.3) is 0 Å². The first-order chi connectivity index (χ1) is 11.2.